The zero-order valence-corrected chi connectivity index (χ0v) is 11.1. The van der Waals surface area contributed by atoms with E-state index in [0.717, 1.165) is 32.1 Å². The van der Waals surface area contributed by atoms with E-state index in [-0.39, 0.29) is 23.3 Å². The maximum Gasteiger partial charge on any atom is 0.306 e. The summed E-state index contributed by atoms with van der Waals surface area (Å²) < 4.78 is 0. The molecule has 102 valence electrons. The van der Waals surface area contributed by atoms with Crippen LogP contribution < -0.4 is 5.32 Å². The van der Waals surface area contributed by atoms with Crippen LogP contribution in [0.2, 0.25) is 0 Å². The lowest BCUT2D eigenvalue weighted by Gasteiger charge is -2.33. The van der Waals surface area contributed by atoms with E-state index in [1.165, 1.54) is 6.42 Å². The second-order valence-corrected chi connectivity index (χ2v) is 6.14. The third-order valence-corrected chi connectivity index (χ3v) is 4.62. The molecule has 2 rings (SSSR count). The fraction of sp³-hybridized carbons (Fsp3) is 0.857. The number of carbonyl (C=O) groups is 2. The minimum atomic E-state index is -0.726. The van der Waals surface area contributed by atoms with Gasteiger partial charge in [-0.25, -0.2) is 0 Å². The maximum atomic E-state index is 12.3. The SMILES string of the molecule is CC1(C(=O)NC2CCC(C(=O)O)C2)CCCCC1. The highest BCUT2D eigenvalue weighted by atomic mass is 16.4. The minimum Gasteiger partial charge on any atom is -0.481 e. The number of hydrogen-bond donors (Lipinski definition) is 2. The lowest BCUT2D eigenvalue weighted by molar-refractivity contribution is -0.141. The molecule has 2 fully saturated rings. The molecule has 0 bridgehead atoms. The highest BCUT2D eigenvalue weighted by Gasteiger charge is 2.37. The molecule has 0 radical (unpaired) electrons. The molecule has 0 aliphatic heterocycles. The van der Waals surface area contributed by atoms with Gasteiger partial charge in [0.2, 0.25) is 5.91 Å². The molecule has 2 N–H and O–H groups in total. The molecule has 0 heterocycles. The van der Waals surface area contributed by atoms with Gasteiger partial charge in [0, 0.05) is 11.5 Å². The van der Waals surface area contributed by atoms with Crippen LogP contribution in [0.4, 0.5) is 0 Å². The normalized spacial score (nSPS) is 30.9. The Morgan fingerprint density at radius 1 is 1.17 bits per heavy atom. The molecule has 2 aliphatic carbocycles. The molecule has 2 atom stereocenters. The third-order valence-electron chi connectivity index (χ3n) is 4.62. The van der Waals surface area contributed by atoms with Gasteiger partial charge in [-0.3, -0.25) is 9.59 Å². The smallest absolute Gasteiger partial charge is 0.306 e. The van der Waals surface area contributed by atoms with Crippen molar-refractivity contribution in [2.75, 3.05) is 0 Å². The number of aliphatic carboxylic acids is 1. The van der Waals surface area contributed by atoms with Crippen LogP contribution in [-0.2, 0) is 9.59 Å². The Balaban J connectivity index is 1.86. The van der Waals surface area contributed by atoms with E-state index >= 15 is 0 Å². The summed E-state index contributed by atoms with van der Waals surface area (Å²) in [5, 5.41) is 12.0. The predicted octanol–water partition coefficient (Wildman–Crippen LogP) is 2.33. The summed E-state index contributed by atoms with van der Waals surface area (Å²) in [7, 11) is 0. The van der Waals surface area contributed by atoms with Gasteiger partial charge in [0.15, 0.2) is 0 Å². The highest BCUT2D eigenvalue weighted by Crippen LogP contribution is 2.36. The van der Waals surface area contributed by atoms with Crippen molar-refractivity contribution in [1.82, 2.24) is 5.32 Å². The van der Waals surface area contributed by atoms with Crippen molar-refractivity contribution >= 4 is 11.9 Å². The summed E-state index contributed by atoms with van der Waals surface area (Å²) in [6, 6.07) is 0.0670. The lowest BCUT2D eigenvalue weighted by Crippen LogP contribution is -2.44. The molecule has 0 saturated heterocycles. The largest absolute Gasteiger partial charge is 0.481 e. The first-order valence-corrected chi connectivity index (χ1v) is 7.05. The molecule has 0 spiro atoms. The lowest BCUT2D eigenvalue weighted by atomic mass is 9.75. The second kappa shape index (κ2) is 5.29. The van der Waals surface area contributed by atoms with Crippen molar-refractivity contribution in [2.24, 2.45) is 11.3 Å². The summed E-state index contributed by atoms with van der Waals surface area (Å²) in [6.45, 7) is 2.05. The molecule has 2 unspecified atom stereocenters. The molecule has 1 amide bonds. The summed E-state index contributed by atoms with van der Waals surface area (Å²) >= 11 is 0. The number of carboxylic acids is 1. The van der Waals surface area contributed by atoms with Crippen molar-refractivity contribution in [3.8, 4) is 0 Å². The van der Waals surface area contributed by atoms with Crippen LogP contribution in [0, 0.1) is 11.3 Å². The molecule has 2 saturated carbocycles. The Morgan fingerprint density at radius 2 is 1.83 bits per heavy atom. The van der Waals surface area contributed by atoms with Crippen LogP contribution in [0.1, 0.15) is 58.3 Å². The predicted molar refractivity (Wildman–Crippen MR) is 68.1 cm³/mol. The van der Waals surface area contributed by atoms with Crippen molar-refractivity contribution in [2.45, 2.75) is 64.3 Å². The Labute approximate surface area is 108 Å². The molecule has 18 heavy (non-hydrogen) atoms. The summed E-state index contributed by atoms with van der Waals surface area (Å²) in [5.41, 5.74) is -0.223. The van der Waals surface area contributed by atoms with E-state index in [1.54, 1.807) is 0 Å². The Morgan fingerprint density at radius 3 is 2.39 bits per heavy atom. The first-order chi connectivity index (χ1) is 8.51. The fourth-order valence-electron chi connectivity index (χ4n) is 3.26. The van der Waals surface area contributed by atoms with Crippen LogP contribution in [0.3, 0.4) is 0 Å². The fourth-order valence-corrected chi connectivity index (χ4v) is 3.26. The Bertz CT molecular complexity index is 334. The van der Waals surface area contributed by atoms with Gasteiger partial charge in [0.05, 0.1) is 5.92 Å². The summed E-state index contributed by atoms with van der Waals surface area (Å²) in [5.74, 6) is -0.858. The monoisotopic (exact) mass is 253 g/mol. The quantitative estimate of drug-likeness (QED) is 0.811. The summed E-state index contributed by atoms with van der Waals surface area (Å²) in [6.07, 6.45) is 7.51. The molecular formula is C14H23NO3. The van der Waals surface area contributed by atoms with E-state index < -0.39 is 5.97 Å². The topological polar surface area (TPSA) is 66.4 Å². The van der Waals surface area contributed by atoms with Gasteiger partial charge < -0.3 is 10.4 Å². The van der Waals surface area contributed by atoms with Gasteiger partial charge in [0.1, 0.15) is 0 Å². The molecular weight excluding hydrogens is 230 g/mol. The average Bonchev–Trinajstić information content (AvgIpc) is 2.78. The zero-order valence-electron chi connectivity index (χ0n) is 11.1. The number of nitrogens with one attached hydrogen (secondary N) is 1. The van der Waals surface area contributed by atoms with Crippen molar-refractivity contribution in [3.05, 3.63) is 0 Å². The molecule has 0 aromatic rings. The van der Waals surface area contributed by atoms with Gasteiger partial charge in [-0.15, -0.1) is 0 Å². The number of amides is 1. The number of carboxylic acid groups (broad SMARTS) is 1. The van der Waals surface area contributed by atoms with Crippen molar-refractivity contribution in [3.63, 3.8) is 0 Å². The highest BCUT2D eigenvalue weighted by molar-refractivity contribution is 5.82. The second-order valence-electron chi connectivity index (χ2n) is 6.14. The molecule has 0 aromatic carbocycles. The van der Waals surface area contributed by atoms with E-state index in [4.69, 9.17) is 5.11 Å². The van der Waals surface area contributed by atoms with Gasteiger partial charge in [-0.1, -0.05) is 26.2 Å². The van der Waals surface area contributed by atoms with E-state index in [2.05, 4.69) is 5.32 Å². The Hall–Kier alpha value is -1.06. The maximum absolute atomic E-state index is 12.3. The van der Waals surface area contributed by atoms with Crippen LogP contribution in [0.25, 0.3) is 0 Å². The molecule has 2 aliphatic rings. The standard InChI is InChI=1S/C14H23NO3/c1-14(7-3-2-4-8-14)13(18)15-11-6-5-10(9-11)12(16)17/h10-11H,2-9H2,1H3,(H,15,18)(H,16,17). The Kier molecular flexibility index (Phi) is 3.93. The van der Waals surface area contributed by atoms with Crippen LogP contribution >= 0.6 is 0 Å². The van der Waals surface area contributed by atoms with Crippen LogP contribution in [-0.4, -0.2) is 23.0 Å². The summed E-state index contributed by atoms with van der Waals surface area (Å²) in [4.78, 5) is 23.2. The number of carbonyl (C=O) groups excluding carboxylic acids is 1. The first kappa shape index (κ1) is 13.4. The van der Waals surface area contributed by atoms with Crippen molar-refractivity contribution < 1.29 is 14.7 Å². The van der Waals surface area contributed by atoms with Gasteiger partial charge >= 0.3 is 5.97 Å². The van der Waals surface area contributed by atoms with Crippen LogP contribution in [0.5, 0.6) is 0 Å². The zero-order chi connectivity index (χ0) is 13.2. The van der Waals surface area contributed by atoms with E-state index in [1.807, 2.05) is 6.92 Å². The minimum absolute atomic E-state index is 0.0670. The molecule has 4 nitrogen and oxygen atoms in total. The van der Waals surface area contributed by atoms with Gasteiger partial charge in [-0.05, 0) is 32.1 Å². The average molecular weight is 253 g/mol. The number of hydrogen-bond acceptors (Lipinski definition) is 2. The van der Waals surface area contributed by atoms with E-state index in [9.17, 15) is 9.59 Å². The van der Waals surface area contributed by atoms with Gasteiger partial charge in [0.25, 0.3) is 0 Å². The van der Waals surface area contributed by atoms with Crippen molar-refractivity contribution in [1.29, 1.82) is 0 Å². The van der Waals surface area contributed by atoms with E-state index in [0.29, 0.717) is 12.8 Å². The van der Waals surface area contributed by atoms with Crippen LogP contribution in [0.15, 0.2) is 0 Å². The first-order valence-electron chi connectivity index (χ1n) is 7.05. The molecule has 0 aromatic heterocycles. The van der Waals surface area contributed by atoms with Gasteiger partial charge in [-0.2, -0.15) is 0 Å². The third kappa shape index (κ3) is 2.85. The number of rotatable bonds is 3. The molecule has 4 heteroatoms.